The maximum atomic E-state index is 13.2. The summed E-state index contributed by atoms with van der Waals surface area (Å²) < 4.78 is 39.7. The SMILES string of the molecule is CCc1ccccc1C[C@H](N1CCC(=O)N1)C(F)(F)F. The van der Waals surface area contributed by atoms with E-state index in [0.29, 0.717) is 12.0 Å². The van der Waals surface area contributed by atoms with Crippen LogP contribution in [0.1, 0.15) is 24.5 Å². The van der Waals surface area contributed by atoms with E-state index in [9.17, 15) is 18.0 Å². The van der Waals surface area contributed by atoms with Gasteiger partial charge in [-0.2, -0.15) is 13.2 Å². The van der Waals surface area contributed by atoms with Gasteiger partial charge in [0.2, 0.25) is 5.91 Å². The lowest BCUT2D eigenvalue weighted by Crippen LogP contribution is -2.51. The highest BCUT2D eigenvalue weighted by molar-refractivity contribution is 5.77. The zero-order chi connectivity index (χ0) is 14.8. The van der Waals surface area contributed by atoms with Gasteiger partial charge in [0.1, 0.15) is 6.04 Å². The van der Waals surface area contributed by atoms with Gasteiger partial charge in [-0.25, -0.2) is 5.01 Å². The van der Waals surface area contributed by atoms with Crippen molar-refractivity contribution in [2.24, 2.45) is 0 Å². The largest absolute Gasteiger partial charge is 0.406 e. The Hall–Kier alpha value is -1.56. The molecule has 1 saturated heterocycles. The third kappa shape index (κ3) is 3.30. The normalized spacial score (nSPS) is 18.1. The van der Waals surface area contributed by atoms with E-state index in [1.807, 2.05) is 19.1 Å². The first-order valence-corrected chi connectivity index (χ1v) is 6.61. The fraction of sp³-hybridized carbons (Fsp3) is 0.500. The number of nitrogens with zero attached hydrogens (tertiary/aromatic N) is 1. The lowest BCUT2D eigenvalue weighted by atomic mass is 9.98. The minimum atomic E-state index is -4.38. The molecule has 0 radical (unpaired) electrons. The Labute approximate surface area is 115 Å². The molecule has 1 aliphatic heterocycles. The highest BCUT2D eigenvalue weighted by atomic mass is 19.4. The molecule has 0 aliphatic carbocycles. The van der Waals surface area contributed by atoms with Crippen LogP contribution in [0.5, 0.6) is 0 Å². The van der Waals surface area contributed by atoms with Crippen LogP contribution in [0.3, 0.4) is 0 Å². The Bertz CT molecular complexity index is 488. The minimum absolute atomic E-state index is 0.0945. The second-order valence-corrected chi connectivity index (χ2v) is 4.86. The zero-order valence-corrected chi connectivity index (χ0v) is 11.2. The van der Waals surface area contributed by atoms with Gasteiger partial charge >= 0.3 is 6.18 Å². The molecule has 1 aromatic rings. The number of carbonyl (C=O) groups is 1. The van der Waals surface area contributed by atoms with E-state index >= 15 is 0 Å². The van der Waals surface area contributed by atoms with Crippen LogP contribution in [0.15, 0.2) is 24.3 Å². The van der Waals surface area contributed by atoms with Crippen molar-refractivity contribution < 1.29 is 18.0 Å². The number of hydrogen-bond donors (Lipinski definition) is 1. The summed E-state index contributed by atoms with van der Waals surface area (Å²) in [6.07, 6.45) is -3.72. The van der Waals surface area contributed by atoms with Gasteiger partial charge < -0.3 is 0 Å². The first-order chi connectivity index (χ1) is 9.41. The molecule has 6 heteroatoms. The number of alkyl halides is 3. The van der Waals surface area contributed by atoms with Crippen molar-refractivity contribution in [3.63, 3.8) is 0 Å². The molecule has 0 unspecified atom stereocenters. The summed E-state index contributed by atoms with van der Waals surface area (Å²) >= 11 is 0. The van der Waals surface area contributed by atoms with Crippen molar-refractivity contribution in [3.05, 3.63) is 35.4 Å². The highest BCUT2D eigenvalue weighted by Gasteiger charge is 2.45. The van der Waals surface area contributed by atoms with E-state index < -0.39 is 12.2 Å². The van der Waals surface area contributed by atoms with Crippen LogP contribution in [0.2, 0.25) is 0 Å². The first-order valence-electron chi connectivity index (χ1n) is 6.61. The van der Waals surface area contributed by atoms with Crippen LogP contribution in [0.4, 0.5) is 13.2 Å². The average Bonchev–Trinajstić information content (AvgIpc) is 2.81. The molecule has 2 rings (SSSR count). The molecule has 1 amide bonds. The molecule has 1 atom stereocenters. The van der Waals surface area contributed by atoms with Crippen molar-refractivity contribution in [1.82, 2.24) is 10.4 Å². The molecule has 1 aromatic carbocycles. The molecule has 0 saturated carbocycles. The number of benzene rings is 1. The third-order valence-electron chi connectivity index (χ3n) is 3.51. The molecule has 1 aliphatic rings. The third-order valence-corrected chi connectivity index (χ3v) is 3.51. The van der Waals surface area contributed by atoms with E-state index in [2.05, 4.69) is 5.43 Å². The van der Waals surface area contributed by atoms with E-state index in [0.717, 1.165) is 10.6 Å². The molecular formula is C14H17F3N2O. The number of hydrogen-bond acceptors (Lipinski definition) is 2. The molecule has 1 N–H and O–H groups in total. The van der Waals surface area contributed by atoms with Gasteiger partial charge in [-0.1, -0.05) is 31.2 Å². The maximum absolute atomic E-state index is 13.2. The molecule has 110 valence electrons. The molecule has 0 bridgehead atoms. The van der Waals surface area contributed by atoms with Gasteiger partial charge in [-0.05, 0) is 24.0 Å². The van der Waals surface area contributed by atoms with Gasteiger partial charge in [0, 0.05) is 13.0 Å². The summed E-state index contributed by atoms with van der Waals surface area (Å²) in [6.45, 7) is 2.01. The van der Waals surface area contributed by atoms with Crippen LogP contribution in [-0.2, 0) is 17.6 Å². The molecule has 3 nitrogen and oxygen atoms in total. The quantitative estimate of drug-likeness (QED) is 0.922. The van der Waals surface area contributed by atoms with Gasteiger partial charge in [-0.3, -0.25) is 10.2 Å². The predicted octanol–water partition coefficient (Wildman–Crippen LogP) is 2.46. The summed E-state index contributed by atoms with van der Waals surface area (Å²) in [6, 6.07) is 5.44. The topological polar surface area (TPSA) is 32.3 Å². The molecule has 1 heterocycles. The zero-order valence-electron chi connectivity index (χ0n) is 11.2. The van der Waals surface area contributed by atoms with E-state index in [-0.39, 0.29) is 25.3 Å². The fourth-order valence-electron chi connectivity index (χ4n) is 2.44. The number of aryl methyl sites for hydroxylation is 1. The summed E-state index contributed by atoms with van der Waals surface area (Å²) in [5, 5.41) is 1.01. The van der Waals surface area contributed by atoms with E-state index in [1.54, 1.807) is 12.1 Å². The van der Waals surface area contributed by atoms with Crippen molar-refractivity contribution in [2.45, 2.75) is 38.4 Å². The first kappa shape index (κ1) is 14.8. The molecular weight excluding hydrogens is 269 g/mol. The lowest BCUT2D eigenvalue weighted by Gasteiger charge is -2.29. The van der Waals surface area contributed by atoms with Crippen LogP contribution < -0.4 is 5.43 Å². The molecule has 20 heavy (non-hydrogen) atoms. The minimum Gasteiger partial charge on any atom is -0.288 e. The van der Waals surface area contributed by atoms with Crippen molar-refractivity contribution in [1.29, 1.82) is 0 Å². The van der Waals surface area contributed by atoms with Crippen molar-refractivity contribution in [3.8, 4) is 0 Å². The maximum Gasteiger partial charge on any atom is 0.406 e. The molecule has 0 aromatic heterocycles. The summed E-state index contributed by atoms with van der Waals surface area (Å²) in [4.78, 5) is 11.1. The Morgan fingerprint density at radius 2 is 1.95 bits per heavy atom. The monoisotopic (exact) mass is 286 g/mol. The standard InChI is InChI=1S/C14H17F3N2O/c1-2-10-5-3-4-6-11(10)9-12(14(15,16)17)19-8-7-13(20)18-19/h3-6,12H,2,7-9H2,1H3,(H,18,20)/t12-/m0/s1. The second-order valence-electron chi connectivity index (χ2n) is 4.86. The van der Waals surface area contributed by atoms with Crippen LogP contribution in [0, 0.1) is 0 Å². The van der Waals surface area contributed by atoms with Gasteiger partial charge in [0.25, 0.3) is 0 Å². The Morgan fingerprint density at radius 3 is 2.45 bits per heavy atom. The van der Waals surface area contributed by atoms with E-state index in [4.69, 9.17) is 0 Å². The van der Waals surface area contributed by atoms with Crippen molar-refractivity contribution in [2.75, 3.05) is 6.54 Å². The Kier molecular flexibility index (Phi) is 4.32. The van der Waals surface area contributed by atoms with Crippen LogP contribution in [0.25, 0.3) is 0 Å². The number of halogens is 3. The predicted molar refractivity (Wildman–Crippen MR) is 68.8 cm³/mol. The molecule has 0 spiro atoms. The van der Waals surface area contributed by atoms with E-state index in [1.165, 1.54) is 0 Å². The fourth-order valence-corrected chi connectivity index (χ4v) is 2.44. The summed E-state index contributed by atoms with van der Waals surface area (Å²) in [5.41, 5.74) is 3.88. The number of rotatable bonds is 4. The van der Waals surface area contributed by atoms with Crippen molar-refractivity contribution >= 4 is 5.91 Å². The van der Waals surface area contributed by atoms with Crippen LogP contribution in [-0.4, -0.2) is 29.7 Å². The summed E-state index contributed by atoms with van der Waals surface area (Å²) in [5.74, 6) is -0.358. The highest BCUT2D eigenvalue weighted by Crippen LogP contribution is 2.29. The smallest absolute Gasteiger partial charge is 0.288 e. The van der Waals surface area contributed by atoms with Gasteiger partial charge in [-0.15, -0.1) is 0 Å². The summed E-state index contributed by atoms with van der Waals surface area (Å²) in [7, 11) is 0. The second kappa shape index (κ2) is 5.83. The average molecular weight is 286 g/mol. The Balaban J connectivity index is 2.22. The number of nitrogens with one attached hydrogen (secondary N) is 1. The van der Waals surface area contributed by atoms with Gasteiger partial charge in [0.15, 0.2) is 0 Å². The molecule has 1 fully saturated rings. The van der Waals surface area contributed by atoms with Gasteiger partial charge in [0.05, 0.1) is 0 Å². The Morgan fingerprint density at radius 1 is 1.30 bits per heavy atom. The number of carbonyl (C=O) groups excluding carboxylic acids is 1. The number of amides is 1. The lowest BCUT2D eigenvalue weighted by molar-refractivity contribution is -0.187. The number of hydrazine groups is 1. The van der Waals surface area contributed by atoms with Crippen LogP contribution >= 0.6 is 0 Å².